The zero-order valence-electron chi connectivity index (χ0n) is 4.22. The molecule has 0 heterocycles. The Kier molecular flexibility index (Phi) is 3.64. The summed E-state index contributed by atoms with van der Waals surface area (Å²) in [5.41, 5.74) is 0. The summed E-state index contributed by atoms with van der Waals surface area (Å²) in [4.78, 5) is 0. The first kappa shape index (κ1) is 7.78. The van der Waals surface area contributed by atoms with E-state index in [2.05, 4.69) is 0 Å². The Morgan fingerprint density at radius 3 is 2.00 bits per heavy atom. The lowest BCUT2D eigenvalue weighted by Gasteiger charge is -2.05. The average Bonchev–Trinajstić information content (AvgIpc) is 1.67. The van der Waals surface area contributed by atoms with Crippen LogP contribution >= 0.6 is 0 Å². The lowest BCUT2D eigenvalue weighted by molar-refractivity contribution is -0.0963. The van der Waals surface area contributed by atoms with Gasteiger partial charge in [0.15, 0.2) is 12.5 Å². The first-order chi connectivity index (χ1) is 3.68. The van der Waals surface area contributed by atoms with E-state index in [-0.39, 0.29) is 0 Å². The molecule has 8 heavy (non-hydrogen) atoms. The molecule has 0 aromatic rings. The highest BCUT2D eigenvalue weighted by Gasteiger charge is 2.13. The maximum atomic E-state index is 11.8. The summed E-state index contributed by atoms with van der Waals surface area (Å²) >= 11 is 0. The van der Waals surface area contributed by atoms with Crippen molar-refractivity contribution in [1.29, 1.82) is 0 Å². The molecule has 2 N–H and O–H groups in total. The van der Waals surface area contributed by atoms with Crippen molar-refractivity contribution in [3.8, 4) is 0 Å². The van der Waals surface area contributed by atoms with Gasteiger partial charge < -0.3 is 10.2 Å². The van der Waals surface area contributed by atoms with Gasteiger partial charge in [-0.3, -0.25) is 4.39 Å². The van der Waals surface area contributed by atoms with Crippen molar-refractivity contribution in [2.75, 3.05) is 6.67 Å². The minimum Gasteiger partial charge on any atom is -0.366 e. The highest BCUT2D eigenvalue weighted by Crippen LogP contribution is 2.00. The minimum atomic E-state index is -2.04. The molecule has 0 aromatic heterocycles. The first-order valence-corrected chi connectivity index (χ1v) is 2.24. The predicted octanol–water partition coefficient (Wildman–Crippen LogP) is -0.00520. The summed E-state index contributed by atoms with van der Waals surface area (Å²) in [6, 6.07) is 0. The zero-order valence-corrected chi connectivity index (χ0v) is 4.22. The molecule has 0 aromatic carbocycles. The van der Waals surface area contributed by atoms with Crippen LogP contribution in [0.4, 0.5) is 8.78 Å². The standard InChI is InChI=1S/C4H8F2O2/c5-2-1-3(6)4(7)8/h3-4,7-8H,1-2H2. The molecule has 2 nitrogen and oxygen atoms in total. The number of hydrogen-bond donors (Lipinski definition) is 2. The Labute approximate surface area is 45.8 Å². The van der Waals surface area contributed by atoms with Gasteiger partial charge >= 0.3 is 0 Å². The molecule has 0 fully saturated rings. The Morgan fingerprint density at radius 1 is 1.38 bits per heavy atom. The van der Waals surface area contributed by atoms with Crippen LogP contribution in [0.25, 0.3) is 0 Å². The molecule has 0 saturated carbocycles. The number of aliphatic hydroxyl groups excluding tert-OH is 1. The van der Waals surface area contributed by atoms with Crippen LogP contribution in [0.2, 0.25) is 0 Å². The second kappa shape index (κ2) is 3.74. The van der Waals surface area contributed by atoms with Crippen LogP contribution in [-0.4, -0.2) is 29.3 Å². The quantitative estimate of drug-likeness (QED) is 0.522. The number of halogens is 2. The van der Waals surface area contributed by atoms with Gasteiger partial charge in [-0.25, -0.2) is 4.39 Å². The van der Waals surface area contributed by atoms with Gasteiger partial charge in [0.2, 0.25) is 0 Å². The highest BCUT2D eigenvalue weighted by molar-refractivity contribution is 4.54. The number of alkyl halides is 2. The number of hydrogen-bond acceptors (Lipinski definition) is 2. The van der Waals surface area contributed by atoms with Crippen molar-refractivity contribution in [2.24, 2.45) is 0 Å². The average molecular weight is 126 g/mol. The SMILES string of the molecule is OC(O)C(F)CCF. The summed E-state index contributed by atoms with van der Waals surface area (Å²) in [5, 5.41) is 15.9. The summed E-state index contributed by atoms with van der Waals surface area (Å²) < 4.78 is 22.9. The Balaban J connectivity index is 3.17. The molecule has 0 aliphatic rings. The van der Waals surface area contributed by atoms with Crippen LogP contribution in [0.5, 0.6) is 0 Å². The summed E-state index contributed by atoms with van der Waals surface area (Å²) in [7, 11) is 0. The fraction of sp³-hybridized carbons (Fsp3) is 1.00. The molecule has 0 radical (unpaired) electrons. The molecular formula is C4H8F2O2. The van der Waals surface area contributed by atoms with Gasteiger partial charge in [0.05, 0.1) is 6.67 Å². The van der Waals surface area contributed by atoms with Crippen LogP contribution in [-0.2, 0) is 0 Å². The molecule has 0 spiro atoms. The van der Waals surface area contributed by atoms with Crippen LogP contribution < -0.4 is 0 Å². The van der Waals surface area contributed by atoms with E-state index in [1.165, 1.54) is 0 Å². The third kappa shape index (κ3) is 2.87. The largest absolute Gasteiger partial charge is 0.366 e. The van der Waals surface area contributed by atoms with Crippen LogP contribution in [0.3, 0.4) is 0 Å². The molecule has 1 atom stereocenters. The molecule has 0 bridgehead atoms. The minimum absolute atomic E-state index is 0.447. The van der Waals surface area contributed by atoms with Gasteiger partial charge in [-0.1, -0.05) is 0 Å². The highest BCUT2D eigenvalue weighted by atomic mass is 19.1. The molecule has 0 aliphatic heterocycles. The molecule has 0 aliphatic carbocycles. The van der Waals surface area contributed by atoms with E-state index in [1.54, 1.807) is 0 Å². The molecule has 0 saturated heterocycles. The fourth-order valence-electron chi connectivity index (χ4n) is 0.253. The molecule has 0 amide bonds. The van der Waals surface area contributed by atoms with Gasteiger partial charge in [0.1, 0.15) is 0 Å². The fourth-order valence-corrected chi connectivity index (χ4v) is 0.253. The van der Waals surface area contributed by atoms with Gasteiger partial charge in [-0.2, -0.15) is 0 Å². The summed E-state index contributed by atoms with van der Waals surface area (Å²) in [6.07, 6.45) is -4.33. The van der Waals surface area contributed by atoms with E-state index in [0.717, 1.165) is 0 Å². The first-order valence-electron chi connectivity index (χ1n) is 2.24. The van der Waals surface area contributed by atoms with E-state index < -0.39 is 25.6 Å². The number of aliphatic hydroxyl groups is 2. The monoisotopic (exact) mass is 126 g/mol. The summed E-state index contributed by atoms with van der Waals surface area (Å²) in [6.45, 7) is -0.862. The van der Waals surface area contributed by atoms with Gasteiger partial charge in [-0.05, 0) is 0 Å². The molecule has 4 heteroatoms. The van der Waals surface area contributed by atoms with Crippen molar-refractivity contribution in [3.05, 3.63) is 0 Å². The lowest BCUT2D eigenvalue weighted by atomic mass is 10.3. The predicted molar refractivity (Wildman–Crippen MR) is 23.7 cm³/mol. The Hall–Kier alpha value is -0.220. The smallest absolute Gasteiger partial charge is 0.183 e. The van der Waals surface area contributed by atoms with Crippen molar-refractivity contribution < 1.29 is 19.0 Å². The number of rotatable bonds is 3. The van der Waals surface area contributed by atoms with Crippen molar-refractivity contribution in [2.45, 2.75) is 18.9 Å². The van der Waals surface area contributed by atoms with E-state index in [4.69, 9.17) is 10.2 Å². The summed E-state index contributed by atoms with van der Waals surface area (Å²) in [5.74, 6) is 0. The lowest BCUT2D eigenvalue weighted by Crippen LogP contribution is -2.21. The van der Waals surface area contributed by atoms with Gasteiger partial charge in [-0.15, -0.1) is 0 Å². The third-order valence-corrected chi connectivity index (χ3v) is 0.708. The van der Waals surface area contributed by atoms with Crippen molar-refractivity contribution >= 4 is 0 Å². The topological polar surface area (TPSA) is 40.5 Å². The maximum absolute atomic E-state index is 11.8. The van der Waals surface area contributed by atoms with E-state index in [9.17, 15) is 8.78 Å². The molecule has 1 unspecified atom stereocenters. The Morgan fingerprint density at radius 2 is 1.88 bits per heavy atom. The second-order valence-corrected chi connectivity index (χ2v) is 1.41. The second-order valence-electron chi connectivity index (χ2n) is 1.41. The van der Waals surface area contributed by atoms with E-state index in [1.807, 2.05) is 0 Å². The molecular weight excluding hydrogens is 118 g/mol. The van der Waals surface area contributed by atoms with Crippen molar-refractivity contribution in [1.82, 2.24) is 0 Å². The van der Waals surface area contributed by atoms with Crippen LogP contribution in [0.15, 0.2) is 0 Å². The molecule has 0 rings (SSSR count). The normalized spacial score (nSPS) is 14.6. The van der Waals surface area contributed by atoms with Gasteiger partial charge in [0.25, 0.3) is 0 Å². The maximum Gasteiger partial charge on any atom is 0.183 e. The third-order valence-electron chi connectivity index (χ3n) is 0.708. The van der Waals surface area contributed by atoms with Gasteiger partial charge in [0, 0.05) is 6.42 Å². The Bertz CT molecular complexity index is 58.0. The zero-order chi connectivity index (χ0) is 6.57. The van der Waals surface area contributed by atoms with E-state index >= 15 is 0 Å². The van der Waals surface area contributed by atoms with E-state index in [0.29, 0.717) is 0 Å². The van der Waals surface area contributed by atoms with Crippen molar-refractivity contribution in [3.63, 3.8) is 0 Å². The van der Waals surface area contributed by atoms with Crippen LogP contribution in [0.1, 0.15) is 6.42 Å². The molecule has 50 valence electrons. The van der Waals surface area contributed by atoms with Crippen LogP contribution in [0, 0.1) is 0 Å².